The largest absolute Gasteiger partial charge is 0.497 e. The van der Waals surface area contributed by atoms with Gasteiger partial charge in [0.1, 0.15) is 11.6 Å². The number of rotatable bonds is 9. The maximum atomic E-state index is 12.9. The van der Waals surface area contributed by atoms with E-state index in [9.17, 15) is 14.7 Å². The van der Waals surface area contributed by atoms with E-state index < -0.39 is 5.97 Å². The smallest absolute Gasteiger partial charge is 0.371 e. The van der Waals surface area contributed by atoms with E-state index in [0.717, 1.165) is 5.56 Å². The lowest BCUT2D eigenvalue weighted by molar-refractivity contribution is -0.136. The zero-order valence-electron chi connectivity index (χ0n) is 19.3. The van der Waals surface area contributed by atoms with Crippen LogP contribution in [0.1, 0.15) is 19.4 Å². The summed E-state index contributed by atoms with van der Waals surface area (Å²) in [6, 6.07) is 19.5. The highest BCUT2D eigenvalue weighted by atomic mass is 16.5. The molecule has 2 aromatic carbocycles. The van der Waals surface area contributed by atoms with Gasteiger partial charge >= 0.3 is 12.0 Å². The first-order chi connectivity index (χ1) is 16.4. The Bertz CT molecular complexity index is 1160. The summed E-state index contributed by atoms with van der Waals surface area (Å²) in [5.41, 5.74) is 2.86. The molecule has 0 aliphatic rings. The molecule has 2 N–H and O–H groups in total. The Morgan fingerprint density at radius 1 is 1.03 bits per heavy atom. The third-order valence-corrected chi connectivity index (χ3v) is 4.93. The Hall–Kier alpha value is -4.33. The minimum atomic E-state index is -1.12. The third kappa shape index (κ3) is 6.13. The van der Waals surface area contributed by atoms with E-state index in [1.54, 1.807) is 61.4 Å². The van der Waals surface area contributed by atoms with Crippen molar-refractivity contribution in [3.63, 3.8) is 0 Å². The van der Waals surface area contributed by atoms with Gasteiger partial charge in [0, 0.05) is 17.8 Å². The maximum absolute atomic E-state index is 12.9. The van der Waals surface area contributed by atoms with E-state index in [1.165, 1.54) is 6.08 Å². The van der Waals surface area contributed by atoms with Crippen LogP contribution in [0.5, 0.6) is 5.75 Å². The number of amides is 2. The summed E-state index contributed by atoms with van der Waals surface area (Å²) in [5.74, 6) is -0.0116. The summed E-state index contributed by atoms with van der Waals surface area (Å²) in [4.78, 5) is 30.4. The first-order valence-corrected chi connectivity index (χ1v) is 10.8. The molecule has 0 radical (unpaired) electrons. The molecular formula is C26H27N3O5. The molecule has 0 spiro atoms. The van der Waals surface area contributed by atoms with Gasteiger partial charge in [-0.2, -0.15) is 0 Å². The van der Waals surface area contributed by atoms with Crippen molar-refractivity contribution in [2.24, 2.45) is 0 Å². The molecule has 8 heteroatoms. The van der Waals surface area contributed by atoms with Gasteiger partial charge in [0.2, 0.25) is 5.76 Å². The predicted molar refractivity (Wildman–Crippen MR) is 132 cm³/mol. The van der Waals surface area contributed by atoms with Gasteiger partial charge in [0.05, 0.1) is 19.4 Å². The third-order valence-electron chi connectivity index (χ3n) is 4.93. The molecule has 1 aromatic heterocycles. The Morgan fingerprint density at radius 3 is 2.32 bits per heavy atom. The number of nitrogens with zero attached hydrogens (tertiary/aromatic N) is 2. The highest BCUT2D eigenvalue weighted by Gasteiger charge is 2.16. The zero-order valence-corrected chi connectivity index (χ0v) is 19.3. The van der Waals surface area contributed by atoms with Crippen LogP contribution in [-0.4, -0.2) is 42.4 Å². The molecule has 1 heterocycles. The molecule has 0 atom stereocenters. The zero-order chi connectivity index (χ0) is 24.5. The van der Waals surface area contributed by atoms with E-state index in [1.807, 2.05) is 31.2 Å². The lowest BCUT2D eigenvalue weighted by Crippen LogP contribution is -2.35. The summed E-state index contributed by atoms with van der Waals surface area (Å²) in [6.07, 6.45) is 1.47. The molecule has 3 aromatic rings. The summed E-state index contributed by atoms with van der Waals surface area (Å²) in [7, 11) is 1.59. The number of ether oxygens (including phenoxy) is 2. The van der Waals surface area contributed by atoms with Crippen molar-refractivity contribution in [3.05, 3.63) is 78.1 Å². The summed E-state index contributed by atoms with van der Waals surface area (Å²) in [5, 5.41) is 12.1. The Kier molecular flexibility index (Phi) is 8.23. The van der Waals surface area contributed by atoms with E-state index in [0.29, 0.717) is 35.1 Å². The van der Waals surface area contributed by atoms with Crippen molar-refractivity contribution in [1.82, 2.24) is 4.98 Å². The Morgan fingerprint density at radius 2 is 1.74 bits per heavy atom. The SMILES string of the molecule is CCO/C(=C\c1ccc(-c2cccc(N(CC)C(=O)Nc3ccc(OC)cc3)n2)cc1)C(=O)O. The fraction of sp³-hybridized carbons (Fsp3) is 0.192. The van der Waals surface area contributed by atoms with Crippen LogP contribution >= 0.6 is 0 Å². The van der Waals surface area contributed by atoms with Gasteiger partial charge in [-0.1, -0.05) is 30.3 Å². The number of carbonyl (C=O) groups excluding carboxylic acids is 1. The van der Waals surface area contributed by atoms with E-state index >= 15 is 0 Å². The highest BCUT2D eigenvalue weighted by molar-refractivity contribution is 6.01. The van der Waals surface area contributed by atoms with Gasteiger partial charge in [0.15, 0.2) is 0 Å². The molecule has 2 amide bonds. The lowest BCUT2D eigenvalue weighted by atomic mass is 10.1. The quantitative estimate of drug-likeness (QED) is 0.332. The van der Waals surface area contributed by atoms with Crippen molar-refractivity contribution in [2.45, 2.75) is 13.8 Å². The molecule has 0 unspecified atom stereocenters. The van der Waals surface area contributed by atoms with Crippen molar-refractivity contribution in [2.75, 3.05) is 30.5 Å². The number of methoxy groups -OCH3 is 1. The van der Waals surface area contributed by atoms with E-state index in [-0.39, 0.29) is 18.4 Å². The predicted octanol–water partition coefficient (Wildman–Crippen LogP) is 5.28. The van der Waals surface area contributed by atoms with Crippen molar-refractivity contribution >= 4 is 29.6 Å². The molecule has 3 rings (SSSR count). The Labute approximate surface area is 198 Å². The molecule has 34 heavy (non-hydrogen) atoms. The number of aromatic nitrogens is 1. The average molecular weight is 462 g/mol. The second-order valence-electron chi connectivity index (χ2n) is 7.15. The van der Waals surface area contributed by atoms with Crippen LogP contribution < -0.4 is 15.0 Å². The van der Waals surface area contributed by atoms with Crippen LogP contribution in [0.3, 0.4) is 0 Å². The van der Waals surface area contributed by atoms with Crippen LogP contribution in [0.15, 0.2) is 72.5 Å². The second kappa shape index (κ2) is 11.5. The van der Waals surface area contributed by atoms with E-state index in [2.05, 4.69) is 10.3 Å². The van der Waals surface area contributed by atoms with Gasteiger partial charge in [-0.25, -0.2) is 14.6 Å². The summed E-state index contributed by atoms with van der Waals surface area (Å²) < 4.78 is 10.3. The number of carbonyl (C=O) groups is 2. The maximum Gasteiger partial charge on any atom is 0.371 e. The van der Waals surface area contributed by atoms with Crippen LogP contribution in [0.4, 0.5) is 16.3 Å². The molecule has 8 nitrogen and oxygen atoms in total. The van der Waals surface area contributed by atoms with Gasteiger partial charge < -0.3 is 19.9 Å². The molecule has 0 aliphatic carbocycles. The number of nitrogens with one attached hydrogen (secondary N) is 1. The van der Waals surface area contributed by atoms with Gasteiger partial charge in [-0.3, -0.25) is 4.90 Å². The summed E-state index contributed by atoms with van der Waals surface area (Å²) in [6.45, 7) is 4.31. The van der Waals surface area contributed by atoms with Crippen LogP contribution in [0.2, 0.25) is 0 Å². The number of benzene rings is 2. The fourth-order valence-corrected chi connectivity index (χ4v) is 3.23. The van der Waals surface area contributed by atoms with Gasteiger partial charge in [-0.15, -0.1) is 0 Å². The van der Waals surface area contributed by atoms with Crippen LogP contribution in [-0.2, 0) is 9.53 Å². The Balaban J connectivity index is 1.79. The molecule has 0 saturated heterocycles. The fourth-order valence-electron chi connectivity index (χ4n) is 3.23. The van der Waals surface area contributed by atoms with Crippen molar-refractivity contribution in [1.29, 1.82) is 0 Å². The lowest BCUT2D eigenvalue weighted by Gasteiger charge is -2.21. The topological polar surface area (TPSA) is 101 Å². The average Bonchev–Trinajstić information content (AvgIpc) is 2.85. The first-order valence-electron chi connectivity index (χ1n) is 10.8. The number of pyridine rings is 1. The van der Waals surface area contributed by atoms with E-state index in [4.69, 9.17) is 9.47 Å². The van der Waals surface area contributed by atoms with Crippen LogP contribution in [0.25, 0.3) is 17.3 Å². The number of hydrogen-bond donors (Lipinski definition) is 2. The molecular weight excluding hydrogens is 434 g/mol. The minimum absolute atomic E-state index is 0.114. The first kappa shape index (κ1) is 24.3. The number of urea groups is 1. The molecule has 176 valence electrons. The standard InChI is InChI=1S/C26H27N3O5/c1-4-29(26(32)27-20-13-15-21(33-3)16-14-20)24-8-6-7-22(28-24)19-11-9-18(10-12-19)17-23(25(30)31)34-5-2/h6-17H,4-5H2,1-3H3,(H,27,32)(H,30,31)/b23-17-. The van der Waals surface area contributed by atoms with Gasteiger partial charge in [-0.05, 0) is 61.9 Å². The summed E-state index contributed by atoms with van der Waals surface area (Å²) >= 11 is 0. The number of aliphatic carboxylic acids is 1. The van der Waals surface area contributed by atoms with Crippen molar-refractivity contribution < 1.29 is 24.2 Å². The normalized spacial score (nSPS) is 11.0. The highest BCUT2D eigenvalue weighted by Crippen LogP contribution is 2.23. The minimum Gasteiger partial charge on any atom is -0.497 e. The number of carboxylic acids is 1. The van der Waals surface area contributed by atoms with Crippen LogP contribution in [0, 0.1) is 0 Å². The number of hydrogen-bond acceptors (Lipinski definition) is 5. The molecule has 0 fully saturated rings. The molecule has 0 bridgehead atoms. The van der Waals surface area contributed by atoms with Crippen molar-refractivity contribution in [3.8, 4) is 17.0 Å². The second-order valence-corrected chi connectivity index (χ2v) is 7.15. The monoisotopic (exact) mass is 461 g/mol. The molecule has 0 saturated carbocycles. The van der Waals surface area contributed by atoms with Gasteiger partial charge in [0.25, 0.3) is 0 Å². The number of carboxylic acid groups (broad SMARTS) is 1. The number of anilines is 2. The molecule has 0 aliphatic heterocycles.